The maximum Gasteiger partial charge on any atom is 0.253 e. The average molecular weight is 292 g/mol. The van der Waals surface area contributed by atoms with E-state index in [2.05, 4.69) is 31.0 Å². The van der Waals surface area contributed by atoms with Crippen LogP contribution in [-0.4, -0.2) is 36.0 Å². The first-order valence-corrected chi connectivity index (χ1v) is 7.86. The Morgan fingerprint density at radius 2 is 2.00 bits per heavy atom. The molecule has 2 rings (SSSR count). The fourth-order valence-corrected chi connectivity index (χ4v) is 2.77. The Balaban J connectivity index is 1.95. The smallest absolute Gasteiger partial charge is 0.253 e. The summed E-state index contributed by atoms with van der Waals surface area (Å²) in [4.78, 5) is 14.7. The molecule has 1 saturated heterocycles. The molecule has 0 aromatic heterocycles. The Bertz CT molecular complexity index is 451. The number of rotatable bonds is 5. The zero-order valence-electron chi connectivity index (χ0n) is 13.3. The lowest BCUT2D eigenvalue weighted by Crippen LogP contribution is -2.41. The van der Waals surface area contributed by atoms with Gasteiger partial charge in [-0.1, -0.05) is 6.92 Å². The van der Waals surface area contributed by atoms with Crippen LogP contribution in [0.5, 0.6) is 0 Å². The van der Waals surface area contributed by atoms with Crippen molar-refractivity contribution in [2.75, 3.05) is 13.1 Å². The predicted molar refractivity (Wildman–Crippen MR) is 85.1 cm³/mol. The van der Waals surface area contributed by atoms with Crippen molar-refractivity contribution >= 4 is 5.91 Å². The molecule has 5 nitrogen and oxygen atoms in total. The monoisotopic (exact) mass is 292 g/mol. The number of nitrogens with two attached hydrogens (primary N) is 2. The molecule has 1 aliphatic heterocycles. The van der Waals surface area contributed by atoms with Gasteiger partial charge in [0, 0.05) is 37.1 Å². The van der Waals surface area contributed by atoms with Crippen molar-refractivity contribution in [3.63, 3.8) is 0 Å². The van der Waals surface area contributed by atoms with E-state index in [4.69, 9.17) is 11.5 Å². The molecule has 0 bridgehead atoms. The number of amides is 1. The van der Waals surface area contributed by atoms with Crippen LogP contribution in [0, 0.1) is 11.8 Å². The van der Waals surface area contributed by atoms with Gasteiger partial charge in [0.05, 0.1) is 5.57 Å². The van der Waals surface area contributed by atoms with Crippen LogP contribution in [0.15, 0.2) is 23.5 Å². The van der Waals surface area contributed by atoms with Crippen molar-refractivity contribution in [1.82, 2.24) is 10.2 Å². The number of carbonyl (C=O) groups is 1. The number of allylic oxidation sites excluding steroid dienone is 1. The minimum absolute atomic E-state index is 0.122. The van der Waals surface area contributed by atoms with Crippen molar-refractivity contribution in [2.24, 2.45) is 23.3 Å². The molecule has 2 fully saturated rings. The molecular weight excluding hydrogens is 264 g/mol. The second-order valence-corrected chi connectivity index (χ2v) is 6.65. The third-order valence-electron chi connectivity index (χ3n) is 4.50. The number of nitrogens with zero attached hydrogens (tertiary/aromatic N) is 1. The summed E-state index contributed by atoms with van der Waals surface area (Å²) in [6.07, 6.45) is 5.31. The van der Waals surface area contributed by atoms with E-state index in [1.54, 1.807) is 6.08 Å². The average Bonchev–Trinajstić information content (AvgIpc) is 3.21. The van der Waals surface area contributed by atoms with Gasteiger partial charge in [-0.25, -0.2) is 0 Å². The second-order valence-electron chi connectivity index (χ2n) is 6.65. The van der Waals surface area contributed by atoms with E-state index in [-0.39, 0.29) is 11.9 Å². The topological polar surface area (TPSA) is 84.4 Å². The number of carbonyl (C=O) groups excluding carboxylic acids is 1. The van der Waals surface area contributed by atoms with Gasteiger partial charge in [-0.2, -0.15) is 0 Å². The first-order chi connectivity index (χ1) is 9.92. The van der Waals surface area contributed by atoms with Gasteiger partial charge in [-0.05, 0) is 44.6 Å². The summed E-state index contributed by atoms with van der Waals surface area (Å²) in [5, 5.41) is 3.10. The molecule has 1 amide bonds. The van der Waals surface area contributed by atoms with Crippen LogP contribution in [0.4, 0.5) is 0 Å². The molecule has 0 aromatic rings. The van der Waals surface area contributed by atoms with Gasteiger partial charge in [-0.15, -0.1) is 0 Å². The van der Waals surface area contributed by atoms with Gasteiger partial charge in [0.2, 0.25) is 0 Å². The molecule has 2 aliphatic rings. The summed E-state index contributed by atoms with van der Waals surface area (Å²) in [6.45, 7) is 8.45. The van der Waals surface area contributed by atoms with Crippen LogP contribution in [0.2, 0.25) is 0 Å². The van der Waals surface area contributed by atoms with Crippen LogP contribution >= 0.6 is 0 Å². The Hall–Kier alpha value is -1.49. The quantitative estimate of drug-likeness (QED) is 0.520. The molecule has 1 saturated carbocycles. The van der Waals surface area contributed by atoms with Crippen LogP contribution in [0.25, 0.3) is 0 Å². The van der Waals surface area contributed by atoms with E-state index in [0.29, 0.717) is 23.5 Å². The van der Waals surface area contributed by atoms with Gasteiger partial charge in [-0.3, -0.25) is 9.69 Å². The standard InChI is InChI=1S/C16H28N4O/c1-10(2)20-8-11(3)15(9-20)19-16(21)13(7-17)6-14(18)12-4-5-12/h6-7,10-12,15H,4-5,8-9,17-18H2,1-3H3,(H,19,21)/b13-7+,14-6-. The van der Waals surface area contributed by atoms with E-state index >= 15 is 0 Å². The fraction of sp³-hybridized carbons (Fsp3) is 0.688. The highest BCUT2D eigenvalue weighted by atomic mass is 16.1. The lowest BCUT2D eigenvalue weighted by molar-refractivity contribution is -0.118. The molecule has 21 heavy (non-hydrogen) atoms. The van der Waals surface area contributed by atoms with Crippen molar-refractivity contribution in [2.45, 2.75) is 45.7 Å². The minimum atomic E-state index is -0.122. The normalized spacial score (nSPS) is 28.2. The Kier molecular flexibility index (Phi) is 4.93. The highest BCUT2D eigenvalue weighted by Gasteiger charge is 2.32. The molecule has 5 heteroatoms. The molecule has 2 atom stereocenters. The molecule has 2 unspecified atom stereocenters. The maximum absolute atomic E-state index is 12.4. The lowest BCUT2D eigenvalue weighted by atomic mass is 10.1. The third-order valence-corrected chi connectivity index (χ3v) is 4.50. The lowest BCUT2D eigenvalue weighted by Gasteiger charge is -2.20. The zero-order chi connectivity index (χ0) is 15.6. The van der Waals surface area contributed by atoms with Gasteiger partial charge >= 0.3 is 0 Å². The summed E-state index contributed by atoms with van der Waals surface area (Å²) in [6, 6.07) is 0.676. The molecule has 0 radical (unpaired) electrons. The summed E-state index contributed by atoms with van der Waals surface area (Å²) in [7, 11) is 0. The molecular formula is C16H28N4O. The first-order valence-electron chi connectivity index (χ1n) is 7.86. The van der Waals surface area contributed by atoms with Gasteiger partial charge < -0.3 is 16.8 Å². The molecule has 118 valence electrons. The van der Waals surface area contributed by atoms with Crippen molar-refractivity contribution in [1.29, 1.82) is 0 Å². The van der Waals surface area contributed by atoms with Crippen molar-refractivity contribution in [3.8, 4) is 0 Å². The second kappa shape index (κ2) is 6.52. The fourth-order valence-electron chi connectivity index (χ4n) is 2.77. The number of likely N-dealkylation sites (tertiary alicyclic amines) is 1. The molecule has 5 N–H and O–H groups in total. The zero-order valence-corrected chi connectivity index (χ0v) is 13.3. The van der Waals surface area contributed by atoms with Crippen LogP contribution in [0.1, 0.15) is 33.6 Å². The van der Waals surface area contributed by atoms with Crippen LogP contribution < -0.4 is 16.8 Å². The summed E-state index contributed by atoms with van der Waals surface area (Å²) in [5.74, 6) is 0.762. The van der Waals surface area contributed by atoms with E-state index in [9.17, 15) is 4.79 Å². The Morgan fingerprint density at radius 3 is 2.48 bits per heavy atom. The van der Waals surface area contributed by atoms with Gasteiger partial charge in [0.25, 0.3) is 5.91 Å². The highest BCUT2D eigenvalue weighted by Crippen LogP contribution is 2.34. The highest BCUT2D eigenvalue weighted by molar-refractivity contribution is 5.96. The molecule has 1 aliphatic carbocycles. The molecule has 0 spiro atoms. The van der Waals surface area contributed by atoms with Crippen LogP contribution in [-0.2, 0) is 4.79 Å². The first kappa shape index (κ1) is 15.9. The minimum Gasteiger partial charge on any atom is -0.404 e. The summed E-state index contributed by atoms with van der Waals surface area (Å²) >= 11 is 0. The number of nitrogens with one attached hydrogen (secondary N) is 1. The van der Waals surface area contributed by atoms with E-state index in [1.807, 2.05) is 0 Å². The van der Waals surface area contributed by atoms with E-state index in [1.165, 1.54) is 6.20 Å². The van der Waals surface area contributed by atoms with Gasteiger partial charge in [0.15, 0.2) is 0 Å². The van der Waals surface area contributed by atoms with Crippen molar-refractivity contribution < 1.29 is 4.79 Å². The third kappa shape index (κ3) is 4.00. The van der Waals surface area contributed by atoms with E-state index in [0.717, 1.165) is 31.6 Å². The van der Waals surface area contributed by atoms with E-state index < -0.39 is 0 Å². The Labute approximate surface area is 127 Å². The van der Waals surface area contributed by atoms with Crippen LogP contribution in [0.3, 0.4) is 0 Å². The van der Waals surface area contributed by atoms with Crippen molar-refractivity contribution in [3.05, 3.63) is 23.5 Å². The SMILES string of the molecule is CC1CN(C(C)C)CC1NC(=O)C(/C=C(\N)C1CC1)=C/N. The largest absolute Gasteiger partial charge is 0.404 e. The number of hydrogen-bond donors (Lipinski definition) is 3. The summed E-state index contributed by atoms with van der Waals surface area (Å²) < 4.78 is 0. The predicted octanol–water partition coefficient (Wildman–Crippen LogP) is 0.927. The van der Waals surface area contributed by atoms with Gasteiger partial charge in [0.1, 0.15) is 0 Å². The molecule has 0 aromatic carbocycles. The maximum atomic E-state index is 12.4. The number of hydrogen-bond acceptors (Lipinski definition) is 4. The Morgan fingerprint density at radius 1 is 1.33 bits per heavy atom. The molecule has 1 heterocycles. The summed E-state index contributed by atoms with van der Waals surface area (Å²) in [5.41, 5.74) is 12.8.